The molecular weight excluding hydrogens is 442 g/mol. The zero-order valence-corrected chi connectivity index (χ0v) is 18.5. The summed E-state index contributed by atoms with van der Waals surface area (Å²) in [6, 6.07) is 20.6. The van der Waals surface area contributed by atoms with Crippen LogP contribution in [0.4, 0.5) is 0 Å². The van der Waals surface area contributed by atoms with Gasteiger partial charge in [-0.15, -0.1) is 0 Å². The SMILES string of the molecule is COc1cccc(-c2cc(C(=O)Oc3ccc(Br)cc3)c3cc(C)cc(C)c3n2)c1. The van der Waals surface area contributed by atoms with E-state index < -0.39 is 5.97 Å². The maximum absolute atomic E-state index is 13.2. The summed E-state index contributed by atoms with van der Waals surface area (Å²) in [7, 11) is 1.63. The molecule has 0 spiro atoms. The molecule has 0 aliphatic heterocycles. The lowest BCUT2D eigenvalue weighted by Gasteiger charge is -2.13. The number of aryl methyl sites for hydroxylation is 2. The van der Waals surface area contributed by atoms with Crippen molar-refractivity contribution in [3.63, 3.8) is 0 Å². The highest BCUT2D eigenvalue weighted by molar-refractivity contribution is 9.10. The molecule has 150 valence electrons. The maximum Gasteiger partial charge on any atom is 0.344 e. The Morgan fingerprint density at radius 1 is 0.933 bits per heavy atom. The van der Waals surface area contributed by atoms with E-state index in [9.17, 15) is 4.79 Å². The molecule has 4 rings (SSSR count). The molecule has 0 bridgehead atoms. The third-order valence-corrected chi connectivity index (χ3v) is 5.39. The highest BCUT2D eigenvalue weighted by atomic mass is 79.9. The number of nitrogens with zero attached hydrogens (tertiary/aromatic N) is 1. The quantitative estimate of drug-likeness (QED) is 0.256. The fourth-order valence-electron chi connectivity index (χ4n) is 3.44. The minimum Gasteiger partial charge on any atom is -0.497 e. The summed E-state index contributed by atoms with van der Waals surface area (Å²) in [6.45, 7) is 4.01. The van der Waals surface area contributed by atoms with Crippen LogP contribution in [-0.4, -0.2) is 18.1 Å². The first-order valence-electron chi connectivity index (χ1n) is 9.49. The largest absolute Gasteiger partial charge is 0.497 e. The van der Waals surface area contributed by atoms with Gasteiger partial charge in [0.2, 0.25) is 0 Å². The van der Waals surface area contributed by atoms with Crippen molar-refractivity contribution in [1.29, 1.82) is 0 Å². The van der Waals surface area contributed by atoms with Crippen LogP contribution in [0.25, 0.3) is 22.2 Å². The fourth-order valence-corrected chi connectivity index (χ4v) is 3.71. The van der Waals surface area contributed by atoms with E-state index in [0.29, 0.717) is 17.0 Å². The Bertz CT molecular complexity index is 1250. The van der Waals surface area contributed by atoms with Gasteiger partial charge in [0.15, 0.2) is 0 Å². The predicted octanol–water partition coefficient (Wildman–Crippen LogP) is 6.51. The second-order valence-electron chi connectivity index (χ2n) is 7.11. The highest BCUT2D eigenvalue weighted by Gasteiger charge is 2.18. The number of pyridine rings is 1. The highest BCUT2D eigenvalue weighted by Crippen LogP contribution is 2.30. The van der Waals surface area contributed by atoms with Crippen LogP contribution in [0.15, 0.2) is 71.2 Å². The summed E-state index contributed by atoms with van der Waals surface area (Å²) >= 11 is 3.39. The normalized spacial score (nSPS) is 10.8. The third-order valence-electron chi connectivity index (χ3n) is 4.86. The first-order valence-corrected chi connectivity index (χ1v) is 10.3. The van der Waals surface area contributed by atoms with Crippen LogP contribution in [0.3, 0.4) is 0 Å². The lowest BCUT2D eigenvalue weighted by atomic mass is 9.99. The van der Waals surface area contributed by atoms with E-state index in [1.54, 1.807) is 25.3 Å². The lowest BCUT2D eigenvalue weighted by Crippen LogP contribution is -2.10. The van der Waals surface area contributed by atoms with Gasteiger partial charge in [-0.3, -0.25) is 0 Å². The molecule has 5 heteroatoms. The first-order chi connectivity index (χ1) is 14.4. The fraction of sp³-hybridized carbons (Fsp3) is 0.120. The third kappa shape index (κ3) is 4.07. The summed E-state index contributed by atoms with van der Waals surface area (Å²) in [5, 5.41) is 0.779. The summed E-state index contributed by atoms with van der Waals surface area (Å²) in [5.41, 5.74) is 4.89. The zero-order chi connectivity index (χ0) is 21.3. The number of hydrogen-bond acceptors (Lipinski definition) is 4. The summed E-state index contributed by atoms with van der Waals surface area (Å²) in [4.78, 5) is 18.0. The standard InChI is InChI=1S/C25H20BrNO3/c1-15-11-16(2)24-21(12-15)22(25(28)30-19-9-7-18(26)8-10-19)14-23(27-24)17-5-4-6-20(13-17)29-3/h4-14H,1-3H3. The zero-order valence-electron chi connectivity index (χ0n) is 16.9. The molecule has 0 amide bonds. The van der Waals surface area contributed by atoms with Crippen molar-refractivity contribution in [3.05, 3.63) is 87.9 Å². The number of ether oxygens (including phenoxy) is 2. The lowest BCUT2D eigenvalue weighted by molar-refractivity contribution is 0.0737. The second-order valence-corrected chi connectivity index (χ2v) is 8.02. The van der Waals surface area contributed by atoms with Crippen molar-refractivity contribution < 1.29 is 14.3 Å². The molecule has 0 aliphatic carbocycles. The Morgan fingerprint density at radius 2 is 1.70 bits per heavy atom. The van der Waals surface area contributed by atoms with E-state index in [4.69, 9.17) is 14.5 Å². The number of esters is 1. The topological polar surface area (TPSA) is 48.4 Å². The summed E-state index contributed by atoms with van der Waals surface area (Å²) < 4.78 is 11.9. The van der Waals surface area contributed by atoms with Crippen LogP contribution in [0.1, 0.15) is 21.5 Å². The van der Waals surface area contributed by atoms with Gasteiger partial charge in [-0.25, -0.2) is 9.78 Å². The van der Waals surface area contributed by atoms with Gasteiger partial charge in [0, 0.05) is 15.4 Å². The number of hydrogen-bond donors (Lipinski definition) is 0. The van der Waals surface area contributed by atoms with E-state index in [-0.39, 0.29) is 0 Å². The van der Waals surface area contributed by atoms with Crippen molar-refractivity contribution in [3.8, 4) is 22.8 Å². The molecule has 0 aliphatic rings. The number of methoxy groups -OCH3 is 1. The number of aromatic nitrogens is 1. The number of carbonyl (C=O) groups is 1. The molecule has 0 unspecified atom stereocenters. The van der Waals surface area contributed by atoms with Crippen molar-refractivity contribution in [2.45, 2.75) is 13.8 Å². The molecule has 4 aromatic rings. The van der Waals surface area contributed by atoms with Gasteiger partial charge in [0.25, 0.3) is 0 Å². The molecule has 1 heterocycles. The maximum atomic E-state index is 13.2. The molecule has 30 heavy (non-hydrogen) atoms. The van der Waals surface area contributed by atoms with Crippen LogP contribution in [0, 0.1) is 13.8 Å². The average Bonchev–Trinajstić information content (AvgIpc) is 2.74. The van der Waals surface area contributed by atoms with E-state index in [1.807, 2.05) is 56.3 Å². The van der Waals surface area contributed by atoms with Crippen molar-refractivity contribution in [2.24, 2.45) is 0 Å². The smallest absolute Gasteiger partial charge is 0.344 e. The Balaban J connectivity index is 1.87. The predicted molar refractivity (Wildman–Crippen MR) is 122 cm³/mol. The Kier molecular flexibility index (Phi) is 5.55. The van der Waals surface area contributed by atoms with Gasteiger partial charge in [-0.2, -0.15) is 0 Å². The van der Waals surface area contributed by atoms with Crippen LogP contribution in [0.5, 0.6) is 11.5 Å². The second kappa shape index (κ2) is 8.28. The summed E-state index contributed by atoms with van der Waals surface area (Å²) in [5.74, 6) is 0.799. The molecule has 0 fully saturated rings. The van der Waals surface area contributed by atoms with Crippen LogP contribution < -0.4 is 9.47 Å². The summed E-state index contributed by atoms with van der Waals surface area (Å²) in [6.07, 6.45) is 0. The van der Waals surface area contributed by atoms with Crippen LogP contribution >= 0.6 is 15.9 Å². The molecule has 0 saturated heterocycles. The van der Waals surface area contributed by atoms with Crippen molar-refractivity contribution >= 4 is 32.8 Å². The van der Waals surface area contributed by atoms with Crippen LogP contribution in [0.2, 0.25) is 0 Å². The van der Waals surface area contributed by atoms with E-state index in [1.165, 1.54) is 0 Å². The number of benzene rings is 3. The number of rotatable bonds is 4. The molecule has 0 N–H and O–H groups in total. The van der Waals surface area contributed by atoms with Crippen molar-refractivity contribution in [2.75, 3.05) is 7.11 Å². The van der Waals surface area contributed by atoms with Crippen molar-refractivity contribution in [1.82, 2.24) is 4.98 Å². The Labute approximate surface area is 183 Å². The van der Waals surface area contributed by atoms with E-state index in [0.717, 1.165) is 37.8 Å². The van der Waals surface area contributed by atoms with Gasteiger partial charge in [-0.1, -0.05) is 39.7 Å². The number of halogens is 1. The van der Waals surface area contributed by atoms with Gasteiger partial charge in [0.1, 0.15) is 11.5 Å². The molecule has 3 aromatic carbocycles. The Morgan fingerprint density at radius 3 is 2.43 bits per heavy atom. The van der Waals surface area contributed by atoms with Gasteiger partial charge in [0.05, 0.1) is 23.9 Å². The first kappa shape index (κ1) is 20.1. The Hall–Kier alpha value is -3.18. The van der Waals surface area contributed by atoms with E-state index >= 15 is 0 Å². The van der Waals surface area contributed by atoms with Gasteiger partial charge < -0.3 is 9.47 Å². The molecule has 4 nitrogen and oxygen atoms in total. The molecule has 0 radical (unpaired) electrons. The van der Waals surface area contributed by atoms with Gasteiger partial charge >= 0.3 is 5.97 Å². The number of carbonyl (C=O) groups excluding carboxylic acids is 1. The minimum atomic E-state index is -0.418. The molecule has 0 saturated carbocycles. The van der Waals surface area contributed by atoms with E-state index in [2.05, 4.69) is 22.0 Å². The molecule has 0 atom stereocenters. The van der Waals surface area contributed by atoms with Gasteiger partial charge in [-0.05, 0) is 67.9 Å². The number of fused-ring (bicyclic) bond motifs is 1. The van der Waals surface area contributed by atoms with Crippen LogP contribution in [-0.2, 0) is 0 Å². The minimum absolute atomic E-state index is 0.418. The molecular formula is C25H20BrNO3. The monoisotopic (exact) mass is 461 g/mol. The average molecular weight is 462 g/mol. The molecule has 1 aromatic heterocycles.